The number of aryl methyl sites for hydroxylation is 1. The average molecular weight is 432 g/mol. The number of rotatable bonds is 7. The maximum Gasteiger partial charge on any atom is 0.230 e. The zero-order chi connectivity index (χ0) is 22.7. The molecule has 3 aromatic rings. The Kier molecular flexibility index (Phi) is 6.25. The second-order valence-electron chi connectivity index (χ2n) is 8.59. The van der Waals surface area contributed by atoms with E-state index in [4.69, 9.17) is 0 Å². The van der Waals surface area contributed by atoms with Crippen molar-refractivity contribution in [1.29, 1.82) is 0 Å². The zero-order valence-electron chi connectivity index (χ0n) is 18.8. The third-order valence-electron chi connectivity index (χ3n) is 5.83. The number of amides is 2. The summed E-state index contributed by atoms with van der Waals surface area (Å²) >= 11 is 0. The molecule has 7 heteroatoms. The predicted molar refractivity (Wildman–Crippen MR) is 125 cm³/mol. The van der Waals surface area contributed by atoms with Crippen LogP contribution >= 0.6 is 0 Å². The van der Waals surface area contributed by atoms with Crippen molar-refractivity contribution in [2.24, 2.45) is 5.92 Å². The molecule has 1 aliphatic heterocycles. The standard InChI is InChI=1S/C25H29N5O2/c1-18-4-6-19(7-5-18)15-29-17-21(14-24(29)31)25(32)27-23-12-13-26-30(23)16-20-8-10-22(11-9-20)28(2)3/h4-13,21H,14-17H2,1-3H3,(H,27,32). The minimum Gasteiger partial charge on any atom is -0.378 e. The Morgan fingerprint density at radius 1 is 1.03 bits per heavy atom. The van der Waals surface area contributed by atoms with E-state index in [9.17, 15) is 9.59 Å². The van der Waals surface area contributed by atoms with Crippen LogP contribution in [-0.2, 0) is 22.7 Å². The molecular formula is C25H29N5O2. The topological polar surface area (TPSA) is 70.5 Å². The van der Waals surface area contributed by atoms with E-state index in [0.29, 0.717) is 25.5 Å². The molecule has 0 bridgehead atoms. The summed E-state index contributed by atoms with van der Waals surface area (Å²) in [6.45, 7) is 3.55. The number of nitrogens with zero attached hydrogens (tertiary/aromatic N) is 4. The van der Waals surface area contributed by atoms with Gasteiger partial charge in [-0.05, 0) is 30.2 Å². The molecular weight excluding hydrogens is 402 g/mol. The number of carbonyl (C=O) groups is 2. The van der Waals surface area contributed by atoms with Gasteiger partial charge in [-0.3, -0.25) is 9.59 Å². The quantitative estimate of drug-likeness (QED) is 0.623. The van der Waals surface area contributed by atoms with E-state index < -0.39 is 0 Å². The van der Waals surface area contributed by atoms with Crippen LogP contribution in [0.3, 0.4) is 0 Å². The highest BCUT2D eigenvalue weighted by Gasteiger charge is 2.34. The van der Waals surface area contributed by atoms with Gasteiger partial charge in [-0.1, -0.05) is 42.0 Å². The lowest BCUT2D eigenvalue weighted by atomic mass is 10.1. The minimum atomic E-state index is -0.365. The van der Waals surface area contributed by atoms with Gasteiger partial charge in [-0.15, -0.1) is 0 Å². The molecule has 1 fully saturated rings. The van der Waals surface area contributed by atoms with Crippen molar-refractivity contribution in [2.75, 3.05) is 30.9 Å². The molecule has 1 saturated heterocycles. The molecule has 1 unspecified atom stereocenters. The van der Waals surface area contributed by atoms with E-state index in [2.05, 4.69) is 34.7 Å². The second-order valence-corrected chi connectivity index (χ2v) is 8.59. The molecule has 1 aromatic heterocycles. The van der Waals surface area contributed by atoms with E-state index >= 15 is 0 Å². The predicted octanol–water partition coefficient (Wildman–Crippen LogP) is 3.29. The molecule has 0 radical (unpaired) electrons. The van der Waals surface area contributed by atoms with Crippen LogP contribution in [0.4, 0.5) is 11.5 Å². The van der Waals surface area contributed by atoms with Gasteiger partial charge in [0, 0.05) is 45.4 Å². The number of anilines is 2. The van der Waals surface area contributed by atoms with Crippen molar-refractivity contribution in [2.45, 2.75) is 26.4 Å². The Morgan fingerprint density at radius 2 is 1.69 bits per heavy atom. The Bertz CT molecular complexity index is 1090. The maximum atomic E-state index is 12.9. The summed E-state index contributed by atoms with van der Waals surface area (Å²) in [6.07, 6.45) is 1.91. The summed E-state index contributed by atoms with van der Waals surface area (Å²) in [5.74, 6) is 0.140. The first-order valence-electron chi connectivity index (χ1n) is 10.8. The summed E-state index contributed by atoms with van der Waals surface area (Å²) in [5.41, 5.74) is 4.48. The molecule has 7 nitrogen and oxygen atoms in total. The molecule has 2 heterocycles. The molecule has 32 heavy (non-hydrogen) atoms. The van der Waals surface area contributed by atoms with Gasteiger partial charge in [0.2, 0.25) is 11.8 Å². The monoisotopic (exact) mass is 431 g/mol. The number of aromatic nitrogens is 2. The summed E-state index contributed by atoms with van der Waals surface area (Å²) < 4.78 is 1.77. The SMILES string of the molecule is Cc1ccc(CN2CC(C(=O)Nc3ccnn3Cc3ccc(N(C)C)cc3)CC2=O)cc1. The van der Waals surface area contributed by atoms with E-state index in [1.54, 1.807) is 21.8 Å². The fraction of sp³-hybridized carbons (Fsp3) is 0.320. The lowest BCUT2D eigenvalue weighted by Gasteiger charge is -2.17. The molecule has 0 aliphatic carbocycles. The van der Waals surface area contributed by atoms with E-state index in [1.807, 2.05) is 50.2 Å². The summed E-state index contributed by atoms with van der Waals surface area (Å²) in [5, 5.41) is 7.32. The van der Waals surface area contributed by atoms with Crippen molar-refractivity contribution in [1.82, 2.24) is 14.7 Å². The van der Waals surface area contributed by atoms with Crippen molar-refractivity contribution in [3.8, 4) is 0 Å². The molecule has 4 rings (SSSR count). The van der Waals surface area contributed by atoms with Crippen LogP contribution in [0.2, 0.25) is 0 Å². The molecule has 1 atom stereocenters. The second kappa shape index (κ2) is 9.26. The summed E-state index contributed by atoms with van der Waals surface area (Å²) in [7, 11) is 4.01. The fourth-order valence-corrected chi connectivity index (χ4v) is 3.88. The number of carbonyl (C=O) groups excluding carboxylic acids is 2. The number of likely N-dealkylation sites (tertiary alicyclic amines) is 1. The van der Waals surface area contributed by atoms with E-state index in [0.717, 1.165) is 16.8 Å². The molecule has 0 spiro atoms. The van der Waals surface area contributed by atoms with Crippen LogP contribution < -0.4 is 10.2 Å². The molecule has 166 valence electrons. The lowest BCUT2D eigenvalue weighted by molar-refractivity contribution is -0.128. The number of nitrogens with one attached hydrogen (secondary N) is 1. The van der Waals surface area contributed by atoms with Crippen molar-refractivity contribution in [3.63, 3.8) is 0 Å². The van der Waals surface area contributed by atoms with Gasteiger partial charge in [-0.25, -0.2) is 4.68 Å². The van der Waals surface area contributed by atoms with Gasteiger partial charge < -0.3 is 15.1 Å². The highest BCUT2D eigenvalue weighted by Crippen LogP contribution is 2.22. The van der Waals surface area contributed by atoms with Gasteiger partial charge in [0.15, 0.2) is 0 Å². The molecule has 2 aromatic carbocycles. The zero-order valence-corrected chi connectivity index (χ0v) is 18.8. The highest BCUT2D eigenvalue weighted by molar-refractivity contribution is 5.96. The third-order valence-corrected chi connectivity index (χ3v) is 5.83. The normalized spacial score (nSPS) is 15.8. The first-order chi connectivity index (χ1) is 15.4. The molecule has 0 saturated carbocycles. The van der Waals surface area contributed by atoms with Gasteiger partial charge in [0.25, 0.3) is 0 Å². The smallest absolute Gasteiger partial charge is 0.230 e. The molecule has 2 amide bonds. The number of hydrogen-bond acceptors (Lipinski definition) is 4. The third kappa shape index (κ3) is 4.99. The van der Waals surface area contributed by atoms with Gasteiger partial charge in [0.1, 0.15) is 5.82 Å². The largest absolute Gasteiger partial charge is 0.378 e. The van der Waals surface area contributed by atoms with E-state index in [-0.39, 0.29) is 24.2 Å². The Balaban J connectivity index is 1.37. The van der Waals surface area contributed by atoms with Gasteiger partial charge >= 0.3 is 0 Å². The number of hydrogen-bond donors (Lipinski definition) is 1. The Morgan fingerprint density at radius 3 is 2.38 bits per heavy atom. The first-order valence-corrected chi connectivity index (χ1v) is 10.8. The van der Waals surface area contributed by atoms with Crippen LogP contribution in [0.5, 0.6) is 0 Å². The Labute approximate surface area is 188 Å². The summed E-state index contributed by atoms with van der Waals surface area (Å²) in [6, 6.07) is 18.1. The minimum absolute atomic E-state index is 0.0141. The van der Waals surface area contributed by atoms with Crippen LogP contribution in [0, 0.1) is 12.8 Å². The summed E-state index contributed by atoms with van der Waals surface area (Å²) in [4.78, 5) is 29.2. The van der Waals surface area contributed by atoms with Crippen molar-refractivity contribution >= 4 is 23.3 Å². The molecule has 1 N–H and O–H groups in total. The number of benzene rings is 2. The van der Waals surface area contributed by atoms with Crippen LogP contribution in [0.25, 0.3) is 0 Å². The highest BCUT2D eigenvalue weighted by atomic mass is 16.2. The Hall–Kier alpha value is -3.61. The van der Waals surface area contributed by atoms with Crippen LogP contribution in [0.1, 0.15) is 23.1 Å². The van der Waals surface area contributed by atoms with Crippen molar-refractivity contribution < 1.29 is 9.59 Å². The van der Waals surface area contributed by atoms with Gasteiger partial charge in [0.05, 0.1) is 18.7 Å². The fourth-order valence-electron chi connectivity index (χ4n) is 3.88. The lowest BCUT2D eigenvalue weighted by Crippen LogP contribution is -2.28. The molecule has 1 aliphatic rings. The van der Waals surface area contributed by atoms with Crippen LogP contribution in [0.15, 0.2) is 60.8 Å². The van der Waals surface area contributed by atoms with Gasteiger partial charge in [-0.2, -0.15) is 5.10 Å². The van der Waals surface area contributed by atoms with E-state index in [1.165, 1.54) is 5.56 Å². The first kappa shape index (κ1) is 21.6. The van der Waals surface area contributed by atoms with Crippen LogP contribution in [-0.4, -0.2) is 47.1 Å². The van der Waals surface area contributed by atoms with Crippen molar-refractivity contribution in [3.05, 3.63) is 77.5 Å². The average Bonchev–Trinajstić information content (AvgIpc) is 3.36. The maximum absolute atomic E-state index is 12.9.